The molecule has 10 nitrogen and oxygen atoms in total. The van der Waals surface area contributed by atoms with Gasteiger partial charge < -0.3 is 23.7 Å². The molecule has 0 unspecified atom stereocenters. The quantitative estimate of drug-likeness (QED) is 0.315. The molecular formula is C28H26Cl2N2O8S. The third-order valence-corrected chi connectivity index (χ3v) is 7.45. The van der Waals surface area contributed by atoms with Crippen molar-refractivity contribution < 1.29 is 33.3 Å². The lowest BCUT2D eigenvalue weighted by molar-refractivity contribution is -0.143. The van der Waals surface area contributed by atoms with Gasteiger partial charge in [0, 0.05) is 6.20 Å². The standard InChI is InChI=1S/C28H26Cl2N2O8S/c1-5-38-20-8-7-16(12-21(20)39-6-2)24-17(27(35)37-4)13-31-28-32(24)26(34)22(41-28)11-15-9-18(29)25(19(30)10-15)40-14-23(33)36-3/h7-13,24H,5-6,14H2,1-4H3/b22-11-/t24-/m0/s1. The Morgan fingerprint density at radius 1 is 1.00 bits per heavy atom. The van der Waals surface area contributed by atoms with Crippen molar-refractivity contribution in [3.63, 3.8) is 0 Å². The van der Waals surface area contributed by atoms with Gasteiger partial charge in [0.1, 0.15) is 0 Å². The van der Waals surface area contributed by atoms with Crippen LogP contribution in [0, 0.1) is 0 Å². The van der Waals surface area contributed by atoms with Crippen molar-refractivity contribution in [1.82, 2.24) is 4.57 Å². The number of carbonyl (C=O) groups is 2. The molecule has 216 valence electrons. The molecule has 1 aliphatic heterocycles. The van der Waals surface area contributed by atoms with Crippen LogP contribution in [-0.4, -0.2) is 50.5 Å². The number of nitrogens with zero attached hydrogens (tertiary/aromatic N) is 2. The number of ether oxygens (including phenoxy) is 5. The first-order valence-electron chi connectivity index (χ1n) is 12.4. The summed E-state index contributed by atoms with van der Waals surface area (Å²) in [6.07, 6.45) is 3.01. The predicted octanol–water partition coefficient (Wildman–Crippen LogP) is 3.67. The Hall–Kier alpha value is -3.80. The maximum atomic E-state index is 13.8. The molecule has 1 aliphatic rings. The highest BCUT2D eigenvalue weighted by atomic mass is 35.5. The molecule has 0 spiro atoms. The van der Waals surface area contributed by atoms with Gasteiger partial charge in [0.15, 0.2) is 28.7 Å². The van der Waals surface area contributed by atoms with Crippen LogP contribution in [0.2, 0.25) is 10.0 Å². The molecule has 1 atom stereocenters. The van der Waals surface area contributed by atoms with Crippen molar-refractivity contribution in [3.05, 3.63) is 83.0 Å². The van der Waals surface area contributed by atoms with Crippen LogP contribution in [-0.2, 0) is 19.1 Å². The minimum atomic E-state index is -0.836. The first-order chi connectivity index (χ1) is 19.7. The maximum absolute atomic E-state index is 13.8. The number of fused-ring (bicyclic) bond motifs is 1. The van der Waals surface area contributed by atoms with Gasteiger partial charge in [-0.3, -0.25) is 9.36 Å². The van der Waals surface area contributed by atoms with E-state index in [1.165, 1.54) is 25.0 Å². The summed E-state index contributed by atoms with van der Waals surface area (Å²) in [4.78, 5) is 42.7. The molecule has 3 aromatic rings. The van der Waals surface area contributed by atoms with Crippen LogP contribution in [0.1, 0.15) is 31.0 Å². The molecule has 2 aromatic carbocycles. The third-order valence-electron chi connectivity index (χ3n) is 5.89. The fourth-order valence-electron chi connectivity index (χ4n) is 4.13. The molecule has 1 aromatic heterocycles. The number of hydrogen-bond donors (Lipinski definition) is 0. The number of benzene rings is 2. The Labute approximate surface area is 249 Å². The van der Waals surface area contributed by atoms with Crippen molar-refractivity contribution >= 4 is 52.6 Å². The summed E-state index contributed by atoms with van der Waals surface area (Å²) >= 11 is 13.8. The topological polar surface area (TPSA) is 115 Å². The van der Waals surface area contributed by atoms with Gasteiger partial charge in [-0.05, 0) is 55.3 Å². The lowest BCUT2D eigenvalue weighted by atomic mass is 9.97. The minimum Gasteiger partial charge on any atom is -0.490 e. The van der Waals surface area contributed by atoms with E-state index in [2.05, 4.69) is 9.73 Å². The van der Waals surface area contributed by atoms with Crippen molar-refractivity contribution in [2.24, 2.45) is 4.99 Å². The first kappa shape index (κ1) is 30.2. The lowest BCUT2D eigenvalue weighted by Gasteiger charge is -2.23. The number of methoxy groups -OCH3 is 2. The molecule has 0 N–H and O–H groups in total. The number of hydrogen-bond acceptors (Lipinski definition) is 10. The molecule has 13 heteroatoms. The van der Waals surface area contributed by atoms with Crippen LogP contribution in [0.25, 0.3) is 6.08 Å². The number of halogens is 2. The second kappa shape index (κ2) is 13.2. The van der Waals surface area contributed by atoms with Crippen molar-refractivity contribution in [3.8, 4) is 17.2 Å². The zero-order valence-corrected chi connectivity index (χ0v) is 24.9. The highest BCUT2D eigenvalue weighted by Crippen LogP contribution is 2.36. The van der Waals surface area contributed by atoms with E-state index in [0.717, 1.165) is 11.3 Å². The van der Waals surface area contributed by atoms with E-state index in [1.807, 2.05) is 13.8 Å². The summed E-state index contributed by atoms with van der Waals surface area (Å²) in [5.41, 5.74) is 0.906. The van der Waals surface area contributed by atoms with Crippen LogP contribution < -0.4 is 29.1 Å². The molecule has 0 bridgehead atoms. The molecule has 0 fully saturated rings. The van der Waals surface area contributed by atoms with Gasteiger partial charge in [0.2, 0.25) is 0 Å². The minimum absolute atomic E-state index is 0.112. The van der Waals surface area contributed by atoms with Crippen LogP contribution in [0.4, 0.5) is 0 Å². The smallest absolute Gasteiger partial charge is 0.343 e. The summed E-state index contributed by atoms with van der Waals surface area (Å²) in [5.74, 6) is -0.0818. The van der Waals surface area contributed by atoms with Gasteiger partial charge >= 0.3 is 11.9 Å². The van der Waals surface area contributed by atoms with Crippen LogP contribution in [0.5, 0.6) is 17.2 Å². The van der Waals surface area contributed by atoms with Gasteiger partial charge in [-0.2, -0.15) is 0 Å². The number of esters is 2. The second-order valence-corrected chi connectivity index (χ2v) is 10.3. The van der Waals surface area contributed by atoms with E-state index in [0.29, 0.717) is 45.2 Å². The summed E-state index contributed by atoms with van der Waals surface area (Å²) in [6.45, 7) is 4.18. The second-order valence-electron chi connectivity index (χ2n) is 8.43. The van der Waals surface area contributed by atoms with Gasteiger partial charge in [0.25, 0.3) is 5.56 Å². The van der Waals surface area contributed by atoms with E-state index >= 15 is 0 Å². The number of carbonyl (C=O) groups excluding carboxylic acids is 2. The van der Waals surface area contributed by atoms with Crippen LogP contribution >= 0.6 is 34.5 Å². The van der Waals surface area contributed by atoms with Crippen molar-refractivity contribution in [1.29, 1.82) is 0 Å². The molecule has 0 radical (unpaired) electrons. The van der Waals surface area contributed by atoms with E-state index in [-0.39, 0.29) is 28.0 Å². The van der Waals surface area contributed by atoms with Crippen molar-refractivity contribution in [2.45, 2.75) is 19.9 Å². The maximum Gasteiger partial charge on any atom is 0.343 e. The SMILES string of the molecule is CCOc1ccc([C@H]2C(C(=O)OC)=CN=c3s/c(=C\c4cc(Cl)c(OCC(=O)OC)c(Cl)c4)c(=O)n32)cc1OCC. The molecule has 4 rings (SSSR count). The first-order valence-corrected chi connectivity index (χ1v) is 14.0. The summed E-state index contributed by atoms with van der Waals surface area (Å²) in [6, 6.07) is 7.52. The zero-order valence-electron chi connectivity index (χ0n) is 22.6. The molecule has 2 heterocycles. The van der Waals surface area contributed by atoms with E-state index in [4.69, 9.17) is 42.1 Å². The van der Waals surface area contributed by atoms with E-state index in [9.17, 15) is 14.4 Å². The van der Waals surface area contributed by atoms with Gasteiger partial charge in [-0.15, -0.1) is 0 Å². The predicted molar refractivity (Wildman–Crippen MR) is 154 cm³/mol. The Balaban J connectivity index is 1.82. The average Bonchev–Trinajstić information content (AvgIpc) is 3.27. The molecular weight excluding hydrogens is 595 g/mol. The molecule has 0 saturated heterocycles. The highest BCUT2D eigenvalue weighted by Gasteiger charge is 2.31. The Morgan fingerprint density at radius 3 is 2.32 bits per heavy atom. The largest absolute Gasteiger partial charge is 0.490 e. The molecule has 0 aliphatic carbocycles. The summed E-state index contributed by atoms with van der Waals surface area (Å²) in [5, 5.41) is 0.285. The van der Waals surface area contributed by atoms with Crippen molar-refractivity contribution in [2.75, 3.05) is 34.0 Å². The fraction of sp³-hybridized carbons (Fsp3) is 0.286. The highest BCUT2D eigenvalue weighted by molar-refractivity contribution is 7.07. The number of rotatable bonds is 10. The number of thiazole rings is 1. The summed E-state index contributed by atoms with van der Waals surface area (Å²) < 4.78 is 28.2. The fourth-order valence-corrected chi connectivity index (χ4v) is 5.71. The van der Waals surface area contributed by atoms with E-state index in [1.54, 1.807) is 36.4 Å². The van der Waals surface area contributed by atoms with Crippen LogP contribution in [0.15, 0.2) is 51.9 Å². The van der Waals surface area contributed by atoms with Crippen LogP contribution in [0.3, 0.4) is 0 Å². The zero-order chi connectivity index (χ0) is 29.7. The Kier molecular flexibility index (Phi) is 9.74. The average molecular weight is 621 g/mol. The van der Waals surface area contributed by atoms with Gasteiger partial charge in [-0.1, -0.05) is 40.6 Å². The lowest BCUT2D eigenvalue weighted by Crippen LogP contribution is -2.39. The number of aromatic nitrogens is 1. The Bertz CT molecular complexity index is 1670. The summed E-state index contributed by atoms with van der Waals surface area (Å²) in [7, 11) is 2.50. The molecule has 0 saturated carbocycles. The van der Waals surface area contributed by atoms with E-state index < -0.39 is 23.5 Å². The monoisotopic (exact) mass is 620 g/mol. The molecule has 41 heavy (non-hydrogen) atoms. The normalized spacial score (nSPS) is 14.4. The van der Waals surface area contributed by atoms with Gasteiger partial charge in [0.05, 0.1) is 53.6 Å². The molecule has 0 amide bonds. The van der Waals surface area contributed by atoms with Gasteiger partial charge in [-0.25, -0.2) is 14.6 Å². The Morgan fingerprint density at radius 2 is 1.68 bits per heavy atom. The third kappa shape index (κ3) is 6.42.